The highest BCUT2D eigenvalue weighted by atomic mass is 16.2. The number of nitriles is 1. The van der Waals surface area contributed by atoms with Crippen LogP contribution in [0.3, 0.4) is 0 Å². The van der Waals surface area contributed by atoms with Gasteiger partial charge in [0.05, 0.1) is 6.07 Å². The molecule has 1 aliphatic heterocycles. The van der Waals surface area contributed by atoms with Gasteiger partial charge in [0.2, 0.25) is 0 Å². The molecule has 1 saturated heterocycles. The summed E-state index contributed by atoms with van der Waals surface area (Å²) < 4.78 is 0. The van der Waals surface area contributed by atoms with Crippen LogP contribution in [-0.2, 0) is 0 Å². The molecule has 0 bridgehead atoms. The number of hydrogen-bond acceptors (Lipinski definition) is 2. The van der Waals surface area contributed by atoms with E-state index in [1.54, 1.807) is 4.90 Å². The third-order valence-corrected chi connectivity index (χ3v) is 3.60. The van der Waals surface area contributed by atoms with E-state index in [9.17, 15) is 4.79 Å². The van der Waals surface area contributed by atoms with Crippen molar-refractivity contribution in [3.8, 4) is 6.07 Å². The number of nitrogens with one attached hydrogen (secondary N) is 1. The Morgan fingerprint density at radius 1 is 1.37 bits per heavy atom. The van der Waals surface area contributed by atoms with Gasteiger partial charge in [-0.05, 0) is 43.9 Å². The summed E-state index contributed by atoms with van der Waals surface area (Å²) >= 11 is 0. The minimum atomic E-state index is -0.0647. The van der Waals surface area contributed by atoms with E-state index >= 15 is 0 Å². The number of urea groups is 1. The molecule has 1 aromatic rings. The second kappa shape index (κ2) is 5.75. The minimum Gasteiger partial charge on any atom is -0.324 e. The third kappa shape index (κ3) is 3.25. The van der Waals surface area contributed by atoms with E-state index in [0.29, 0.717) is 13.1 Å². The monoisotopic (exact) mass is 257 g/mol. The molecule has 0 atom stereocenters. The van der Waals surface area contributed by atoms with Crippen molar-refractivity contribution in [2.45, 2.75) is 26.7 Å². The average Bonchev–Trinajstić information content (AvgIpc) is 2.43. The van der Waals surface area contributed by atoms with Crippen LogP contribution in [0.4, 0.5) is 10.5 Å². The maximum absolute atomic E-state index is 12.2. The Morgan fingerprint density at radius 3 is 2.68 bits per heavy atom. The van der Waals surface area contributed by atoms with Gasteiger partial charge in [-0.25, -0.2) is 4.79 Å². The number of amides is 2. The van der Waals surface area contributed by atoms with Gasteiger partial charge in [0.1, 0.15) is 0 Å². The van der Waals surface area contributed by atoms with Crippen molar-refractivity contribution in [2.24, 2.45) is 5.92 Å². The molecule has 1 N–H and O–H groups in total. The Bertz CT molecular complexity index is 511. The molecule has 4 heteroatoms. The molecule has 0 spiro atoms. The summed E-state index contributed by atoms with van der Waals surface area (Å²) in [6.45, 7) is 5.31. The van der Waals surface area contributed by atoms with Crippen molar-refractivity contribution in [3.05, 3.63) is 29.3 Å². The van der Waals surface area contributed by atoms with Crippen LogP contribution in [0, 0.1) is 31.1 Å². The lowest BCUT2D eigenvalue weighted by atomic mass is 9.99. The molecule has 1 aliphatic rings. The molecular weight excluding hydrogens is 238 g/mol. The molecule has 0 aliphatic carbocycles. The fourth-order valence-corrected chi connectivity index (χ4v) is 2.28. The Morgan fingerprint density at radius 2 is 2.05 bits per heavy atom. The van der Waals surface area contributed by atoms with Crippen molar-refractivity contribution < 1.29 is 4.79 Å². The SMILES string of the molecule is Cc1ccc(C)c(NC(=O)N2CCC(C#N)CC2)c1. The maximum Gasteiger partial charge on any atom is 0.321 e. The molecule has 2 amide bonds. The molecular formula is C15H19N3O. The van der Waals surface area contributed by atoms with Gasteiger partial charge in [-0.3, -0.25) is 0 Å². The average molecular weight is 257 g/mol. The Labute approximate surface area is 114 Å². The van der Waals surface area contributed by atoms with Gasteiger partial charge in [-0.1, -0.05) is 12.1 Å². The standard InChI is InChI=1S/C15H19N3O/c1-11-3-4-12(2)14(9-11)17-15(19)18-7-5-13(10-16)6-8-18/h3-4,9,13H,5-8H2,1-2H3,(H,17,19). The smallest absolute Gasteiger partial charge is 0.321 e. The Hall–Kier alpha value is -2.02. The molecule has 0 aromatic heterocycles. The summed E-state index contributed by atoms with van der Waals surface area (Å²) in [5.41, 5.74) is 3.06. The van der Waals surface area contributed by atoms with Crippen LogP contribution in [0.2, 0.25) is 0 Å². The van der Waals surface area contributed by atoms with E-state index in [-0.39, 0.29) is 11.9 Å². The summed E-state index contributed by atoms with van der Waals surface area (Å²) in [4.78, 5) is 13.9. The van der Waals surface area contributed by atoms with Crippen molar-refractivity contribution in [1.82, 2.24) is 4.90 Å². The van der Waals surface area contributed by atoms with E-state index in [0.717, 1.165) is 29.7 Å². The number of rotatable bonds is 1. The lowest BCUT2D eigenvalue weighted by Crippen LogP contribution is -2.40. The van der Waals surface area contributed by atoms with Gasteiger partial charge >= 0.3 is 6.03 Å². The number of hydrogen-bond donors (Lipinski definition) is 1. The Balaban J connectivity index is 1.98. The van der Waals surface area contributed by atoms with Crippen molar-refractivity contribution in [3.63, 3.8) is 0 Å². The molecule has 19 heavy (non-hydrogen) atoms. The summed E-state index contributed by atoms with van der Waals surface area (Å²) in [7, 11) is 0. The number of piperidine rings is 1. The topological polar surface area (TPSA) is 56.1 Å². The molecule has 0 saturated carbocycles. The van der Waals surface area contributed by atoms with Crippen LogP contribution in [0.5, 0.6) is 0 Å². The lowest BCUT2D eigenvalue weighted by molar-refractivity contribution is 0.192. The highest BCUT2D eigenvalue weighted by Crippen LogP contribution is 2.20. The van der Waals surface area contributed by atoms with E-state index in [1.165, 1.54) is 0 Å². The molecule has 1 heterocycles. The van der Waals surface area contributed by atoms with Crippen LogP contribution in [-0.4, -0.2) is 24.0 Å². The predicted octanol–water partition coefficient (Wildman–Crippen LogP) is 3.07. The van der Waals surface area contributed by atoms with E-state index < -0.39 is 0 Å². The number of anilines is 1. The number of carbonyl (C=O) groups is 1. The van der Waals surface area contributed by atoms with Crippen molar-refractivity contribution in [2.75, 3.05) is 18.4 Å². The molecule has 100 valence electrons. The largest absolute Gasteiger partial charge is 0.324 e. The summed E-state index contributed by atoms with van der Waals surface area (Å²) in [6, 6.07) is 8.23. The number of likely N-dealkylation sites (tertiary alicyclic amines) is 1. The fourth-order valence-electron chi connectivity index (χ4n) is 2.28. The fraction of sp³-hybridized carbons (Fsp3) is 0.467. The second-order valence-electron chi connectivity index (χ2n) is 5.14. The number of carbonyl (C=O) groups excluding carboxylic acids is 1. The minimum absolute atomic E-state index is 0.0647. The van der Waals surface area contributed by atoms with Crippen LogP contribution in [0.15, 0.2) is 18.2 Å². The summed E-state index contributed by atoms with van der Waals surface area (Å²) in [5, 5.41) is 11.8. The Kier molecular flexibility index (Phi) is 4.06. The maximum atomic E-state index is 12.2. The highest BCUT2D eigenvalue weighted by Gasteiger charge is 2.22. The second-order valence-corrected chi connectivity index (χ2v) is 5.14. The zero-order chi connectivity index (χ0) is 13.8. The first-order valence-corrected chi connectivity index (χ1v) is 6.63. The number of nitrogens with zero attached hydrogens (tertiary/aromatic N) is 2. The van der Waals surface area contributed by atoms with Gasteiger partial charge in [0.15, 0.2) is 0 Å². The highest BCUT2D eigenvalue weighted by molar-refractivity contribution is 5.90. The van der Waals surface area contributed by atoms with Crippen molar-refractivity contribution >= 4 is 11.7 Å². The predicted molar refractivity (Wildman–Crippen MR) is 74.8 cm³/mol. The van der Waals surface area contributed by atoms with Gasteiger partial charge in [0, 0.05) is 24.7 Å². The summed E-state index contributed by atoms with van der Waals surface area (Å²) in [6.07, 6.45) is 1.55. The third-order valence-electron chi connectivity index (χ3n) is 3.60. The molecule has 1 fully saturated rings. The van der Waals surface area contributed by atoms with E-state index in [2.05, 4.69) is 11.4 Å². The molecule has 2 rings (SSSR count). The van der Waals surface area contributed by atoms with Gasteiger partial charge in [0.25, 0.3) is 0 Å². The van der Waals surface area contributed by atoms with Crippen LogP contribution in [0.1, 0.15) is 24.0 Å². The number of aryl methyl sites for hydroxylation is 2. The first kappa shape index (κ1) is 13.4. The van der Waals surface area contributed by atoms with Crippen LogP contribution in [0.25, 0.3) is 0 Å². The quantitative estimate of drug-likeness (QED) is 0.840. The molecule has 0 radical (unpaired) electrons. The van der Waals surface area contributed by atoms with Gasteiger partial charge in [-0.15, -0.1) is 0 Å². The summed E-state index contributed by atoms with van der Waals surface area (Å²) in [5.74, 6) is 0.102. The zero-order valence-corrected chi connectivity index (χ0v) is 11.4. The van der Waals surface area contributed by atoms with E-state index in [4.69, 9.17) is 5.26 Å². The molecule has 4 nitrogen and oxygen atoms in total. The molecule has 0 unspecified atom stereocenters. The number of benzene rings is 1. The molecule has 1 aromatic carbocycles. The van der Waals surface area contributed by atoms with Crippen LogP contribution < -0.4 is 5.32 Å². The lowest BCUT2D eigenvalue weighted by Gasteiger charge is -2.29. The zero-order valence-electron chi connectivity index (χ0n) is 11.4. The first-order valence-electron chi connectivity index (χ1n) is 6.63. The first-order chi connectivity index (χ1) is 9.10. The van der Waals surface area contributed by atoms with Gasteiger partial charge in [-0.2, -0.15) is 5.26 Å². The normalized spacial score (nSPS) is 15.9. The van der Waals surface area contributed by atoms with Crippen LogP contribution >= 0.6 is 0 Å². The van der Waals surface area contributed by atoms with Gasteiger partial charge < -0.3 is 10.2 Å². The van der Waals surface area contributed by atoms with Crippen molar-refractivity contribution in [1.29, 1.82) is 5.26 Å². The van der Waals surface area contributed by atoms with E-state index in [1.807, 2.05) is 32.0 Å².